The molecular formula is C17H26O. The van der Waals surface area contributed by atoms with Crippen LogP contribution in [-0.4, -0.2) is 5.78 Å². The summed E-state index contributed by atoms with van der Waals surface area (Å²) < 4.78 is 0. The maximum atomic E-state index is 9.96. The minimum absolute atomic E-state index is 0.109. The lowest BCUT2D eigenvalue weighted by Crippen LogP contribution is -2.00. The molecule has 18 heavy (non-hydrogen) atoms. The molecule has 0 bridgehead atoms. The first kappa shape index (κ1) is 16.6. The fourth-order valence-electron chi connectivity index (χ4n) is 1.91. The molecule has 1 aromatic carbocycles. The van der Waals surface area contributed by atoms with Crippen LogP contribution >= 0.6 is 0 Å². The number of hydrogen-bond acceptors (Lipinski definition) is 1. The van der Waals surface area contributed by atoms with Crippen LogP contribution in [0.5, 0.6) is 0 Å². The van der Waals surface area contributed by atoms with E-state index in [2.05, 4.69) is 24.3 Å². The molecule has 2 rings (SSSR count). The zero-order valence-electron chi connectivity index (χ0n) is 12.2. The van der Waals surface area contributed by atoms with Gasteiger partial charge >= 0.3 is 0 Å². The van der Waals surface area contributed by atoms with Gasteiger partial charge in [-0.2, -0.15) is 0 Å². The van der Waals surface area contributed by atoms with E-state index in [1.807, 2.05) is 20.8 Å². The molecule has 0 atom stereocenters. The Bertz CT molecular complexity index is 339. The number of fused-ring (bicyclic) bond motifs is 1. The predicted octanol–water partition coefficient (Wildman–Crippen LogP) is 4.74. The Morgan fingerprint density at radius 2 is 1.50 bits per heavy atom. The monoisotopic (exact) mass is 246 g/mol. The highest BCUT2D eigenvalue weighted by Crippen LogP contribution is 2.19. The summed E-state index contributed by atoms with van der Waals surface area (Å²) in [5, 5.41) is 0. The second-order valence-electron chi connectivity index (χ2n) is 4.09. The average molecular weight is 246 g/mol. The molecule has 0 aliphatic heterocycles. The van der Waals surface area contributed by atoms with Gasteiger partial charge in [0.2, 0.25) is 0 Å². The first-order valence-corrected chi connectivity index (χ1v) is 6.94. The molecule has 1 aliphatic carbocycles. The highest BCUT2D eigenvalue weighted by molar-refractivity contribution is 5.87. The van der Waals surface area contributed by atoms with Crippen molar-refractivity contribution in [2.75, 3.05) is 0 Å². The van der Waals surface area contributed by atoms with Crippen LogP contribution in [0.1, 0.15) is 51.7 Å². The van der Waals surface area contributed by atoms with Crippen LogP contribution in [0, 0.1) is 0 Å². The number of carbonyl (C=O) groups excluding carboxylic acids is 1. The molecule has 0 saturated heterocycles. The van der Waals surface area contributed by atoms with Gasteiger partial charge in [-0.1, -0.05) is 44.2 Å². The molecule has 0 unspecified atom stereocenters. The topological polar surface area (TPSA) is 17.1 Å². The van der Waals surface area contributed by atoms with Crippen LogP contribution in [0.3, 0.4) is 0 Å². The Balaban J connectivity index is 0.000000315. The smallest absolute Gasteiger partial charge is 0.152 e. The van der Waals surface area contributed by atoms with E-state index in [1.54, 1.807) is 17.2 Å². The van der Waals surface area contributed by atoms with Gasteiger partial charge in [0.1, 0.15) is 0 Å². The van der Waals surface area contributed by atoms with Crippen LogP contribution in [0.4, 0.5) is 0 Å². The quantitative estimate of drug-likeness (QED) is 0.654. The van der Waals surface area contributed by atoms with Gasteiger partial charge in [0.25, 0.3) is 0 Å². The summed E-state index contributed by atoms with van der Waals surface area (Å²) in [6, 6.07) is 8.80. The lowest BCUT2D eigenvalue weighted by Gasteiger charge is -2.13. The number of carbonyl (C=O) groups is 1. The molecule has 1 heteroatoms. The Morgan fingerprint density at radius 1 is 1.06 bits per heavy atom. The summed E-state index contributed by atoms with van der Waals surface area (Å²) >= 11 is 0. The number of hydrogen-bond donors (Lipinski definition) is 0. The molecular weight excluding hydrogens is 220 g/mol. The van der Waals surface area contributed by atoms with E-state index in [0.717, 1.165) is 0 Å². The maximum absolute atomic E-state index is 9.96. The Labute approximate surface area is 112 Å². The van der Waals surface area contributed by atoms with Gasteiger partial charge < -0.3 is 0 Å². The largest absolute Gasteiger partial charge is 0.295 e. The van der Waals surface area contributed by atoms with Crippen molar-refractivity contribution in [2.45, 2.75) is 53.4 Å². The maximum Gasteiger partial charge on any atom is 0.152 e. The van der Waals surface area contributed by atoms with Crippen molar-refractivity contribution in [1.82, 2.24) is 0 Å². The normalized spacial score (nSPS) is 12.7. The van der Waals surface area contributed by atoms with Gasteiger partial charge in [-0.25, -0.2) is 0 Å². The van der Waals surface area contributed by atoms with Gasteiger partial charge in [-0.3, -0.25) is 4.79 Å². The van der Waals surface area contributed by atoms with Crippen molar-refractivity contribution < 1.29 is 4.79 Å². The molecule has 100 valence electrons. The van der Waals surface area contributed by atoms with Crippen molar-refractivity contribution >= 4 is 5.78 Å². The number of benzene rings is 1. The van der Waals surface area contributed by atoms with Crippen LogP contribution in [0.2, 0.25) is 0 Å². The molecule has 0 N–H and O–H groups in total. The third kappa shape index (κ3) is 7.05. The summed E-state index contributed by atoms with van der Waals surface area (Å²) in [7, 11) is 0. The number of aryl methyl sites for hydroxylation is 2. The Hall–Kier alpha value is -1.37. The SMILES string of the molecule is CC.CC=CC(C)=O.c1ccc2c(c1)CCCC2. The van der Waals surface area contributed by atoms with Crippen molar-refractivity contribution in [3.05, 3.63) is 47.5 Å². The number of allylic oxidation sites excluding steroid dienone is 2. The van der Waals surface area contributed by atoms with Crippen molar-refractivity contribution in [3.8, 4) is 0 Å². The highest BCUT2D eigenvalue weighted by Gasteiger charge is 2.05. The van der Waals surface area contributed by atoms with Gasteiger partial charge in [0.05, 0.1) is 0 Å². The summed E-state index contributed by atoms with van der Waals surface area (Å²) in [6.45, 7) is 7.35. The zero-order chi connectivity index (χ0) is 13.8. The van der Waals surface area contributed by atoms with Crippen LogP contribution in [-0.2, 0) is 17.6 Å². The molecule has 1 aromatic rings. The molecule has 0 spiro atoms. The number of rotatable bonds is 1. The van der Waals surface area contributed by atoms with E-state index in [-0.39, 0.29) is 5.78 Å². The Kier molecular flexibility index (Phi) is 9.94. The third-order valence-electron chi connectivity index (χ3n) is 2.66. The zero-order valence-corrected chi connectivity index (χ0v) is 12.2. The van der Waals surface area contributed by atoms with E-state index in [1.165, 1.54) is 38.7 Å². The third-order valence-corrected chi connectivity index (χ3v) is 2.66. The summed E-state index contributed by atoms with van der Waals surface area (Å²) in [6.07, 6.45) is 8.63. The second kappa shape index (κ2) is 10.8. The first-order valence-electron chi connectivity index (χ1n) is 6.94. The van der Waals surface area contributed by atoms with Gasteiger partial charge in [-0.05, 0) is 56.7 Å². The van der Waals surface area contributed by atoms with E-state index >= 15 is 0 Å². The molecule has 0 aromatic heterocycles. The van der Waals surface area contributed by atoms with Crippen LogP contribution < -0.4 is 0 Å². The minimum atomic E-state index is 0.109. The summed E-state index contributed by atoms with van der Waals surface area (Å²) in [5.41, 5.74) is 3.16. The molecule has 1 aliphatic rings. The second-order valence-corrected chi connectivity index (χ2v) is 4.09. The van der Waals surface area contributed by atoms with Crippen molar-refractivity contribution in [3.63, 3.8) is 0 Å². The van der Waals surface area contributed by atoms with Crippen molar-refractivity contribution in [2.24, 2.45) is 0 Å². The molecule has 0 amide bonds. The average Bonchev–Trinajstić information content (AvgIpc) is 2.42. The first-order chi connectivity index (χ1) is 8.74. The van der Waals surface area contributed by atoms with E-state index in [0.29, 0.717) is 0 Å². The van der Waals surface area contributed by atoms with Gasteiger partial charge in [0, 0.05) is 0 Å². The van der Waals surface area contributed by atoms with Crippen LogP contribution in [0.25, 0.3) is 0 Å². The van der Waals surface area contributed by atoms with E-state index in [9.17, 15) is 4.79 Å². The predicted molar refractivity (Wildman–Crippen MR) is 79.9 cm³/mol. The molecule has 0 fully saturated rings. The molecule has 0 radical (unpaired) electrons. The molecule has 1 nitrogen and oxygen atoms in total. The Morgan fingerprint density at radius 3 is 1.78 bits per heavy atom. The molecule has 0 heterocycles. The summed E-state index contributed by atoms with van der Waals surface area (Å²) in [4.78, 5) is 9.96. The van der Waals surface area contributed by atoms with Crippen LogP contribution in [0.15, 0.2) is 36.4 Å². The molecule has 0 saturated carbocycles. The lowest BCUT2D eigenvalue weighted by atomic mass is 9.92. The highest BCUT2D eigenvalue weighted by atomic mass is 16.1. The van der Waals surface area contributed by atoms with Gasteiger partial charge in [0.15, 0.2) is 5.78 Å². The fraction of sp³-hybridized carbons (Fsp3) is 0.471. The summed E-state index contributed by atoms with van der Waals surface area (Å²) in [5.74, 6) is 0.109. The van der Waals surface area contributed by atoms with E-state index in [4.69, 9.17) is 0 Å². The van der Waals surface area contributed by atoms with Crippen molar-refractivity contribution in [1.29, 1.82) is 0 Å². The minimum Gasteiger partial charge on any atom is -0.295 e. The fourth-order valence-corrected chi connectivity index (χ4v) is 1.91. The number of ketones is 1. The lowest BCUT2D eigenvalue weighted by molar-refractivity contribution is -0.112. The standard InChI is InChI=1S/C10H12.C5H8O.C2H6/c1-2-6-10-8-4-3-7-9(10)5-1;1-3-4-5(2)6;1-2/h1-2,5-6H,3-4,7-8H2;3-4H,1-2H3;1-2H3. The van der Waals surface area contributed by atoms with E-state index < -0.39 is 0 Å². The van der Waals surface area contributed by atoms with Gasteiger partial charge in [-0.15, -0.1) is 0 Å².